The summed E-state index contributed by atoms with van der Waals surface area (Å²) in [6.45, 7) is 5.37. The SMILES string of the molecule is Cc1nc(C)c(C#N)c(SCC(=O)NC(C)c2ccc(Cl)c(Cl)c2)n1. The van der Waals surface area contributed by atoms with Gasteiger partial charge in [-0.3, -0.25) is 4.79 Å². The second kappa shape index (κ2) is 8.52. The zero-order valence-electron chi connectivity index (χ0n) is 13.9. The molecular weight excluding hydrogens is 379 g/mol. The van der Waals surface area contributed by atoms with Gasteiger partial charge in [-0.05, 0) is 38.5 Å². The number of benzene rings is 1. The van der Waals surface area contributed by atoms with Crippen molar-refractivity contribution < 1.29 is 4.79 Å². The van der Waals surface area contributed by atoms with E-state index in [9.17, 15) is 10.1 Å². The fraction of sp³-hybridized carbons (Fsp3) is 0.294. The Kier molecular flexibility index (Phi) is 6.65. The molecule has 0 fully saturated rings. The Bertz CT molecular complexity index is 851. The van der Waals surface area contributed by atoms with Crippen LogP contribution in [-0.2, 0) is 4.79 Å². The third-order valence-electron chi connectivity index (χ3n) is 3.44. The van der Waals surface area contributed by atoms with Crippen molar-refractivity contribution in [3.63, 3.8) is 0 Å². The smallest absolute Gasteiger partial charge is 0.230 e. The molecule has 130 valence electrons. The van der Waals surface area contributed by atoms with Crippen LogP contribution < -0.4 is 5.32 Å². The summed E-state index contributed by atoms with van der Waals surface area (Å²) >= 11 is 13.1. The van der Waals surface area contributed by atoms with Crippen molar-refractivity contribution in [2.75, 3.05) is 5.75 Å². The number of aryl methyl sites for hydroxylation is 2. The molecule has 1 heterocycles. The van der Waals surface area contributed by atoms with E-state index in [1.54, 1.807) is 26.0 Å². The molecule has 5 nitrogen and oxygen atoms in total. The number of halogens is 2. The second-order valence-corrected chi connectivity index (χ2v) is 7.18. The molecule has 0 aliphatic carbocycles. The van der Waals surface area contributed by atoms with Crippen molar-refractivity contribution in [1.29, 1.82) is 5.26 Å². The highest BCUT2D eigenvalue weighted by Crippen LogP contribution is 2.26. The van der Waals surface area contributed by atoms with Crippen LogP contribution in [0.15, 0.2) is 23.2 Å². The molecule has 0 saturated carbocycles. The molecule has 1 aromatic heterocycles. The van der Waals surface area contributed by atoms with E-state index >= 15 is 0 Å². The summed E-state index contributed by atoms with van der Waals surface area (Å²) in [5, 5.41) is 13.6. The standard InChI is InChI=1S/C17H16Cl2N4OS/c1-9(12-4-5-14(18)15(19)6-12)22-16(24)8-25-17-13(7-20)10(2)21-11(3)23-17/h4-6,9H,8H2,1-3H3,(H,22,24). The molecule has 1 amide bonds. The monoisotopic (exact) mass is 394 g/mol. The average molecular weight is 395 g/mol. The first kappa shape index (κ1) is 19.5. The number of hydrogen-bond donors (Lipinski definition) is 1. The minimum atomic E-state index is -0.216. The van der Waals surface area contributed by atoms with E-state index in [0.717, 1.165) is 5.56 Å². The van der Waals surface area contributed by atoms with Crippen molar-refractivity contribution in [3.05, 3.63) is 50.9 Å². The molecule has 25 heavy (non-hydrogen) atoms. The highest BCUT2D eigenvalue weighted by atomic mass is 35.5. The van der Waals surface area contributed by atoms with E-state index in [0.29, 0.717) is 32.2 Å². The maximum absolute atomic E-state index is 12.2. The number of thioether (sulfide) groups is 1. The van der Waals surface area contributed by atoms with Crippen LogP contribution in [0.5, 0.6) is 0 Å². The predicted molar refractivity (Wildman–Crippen MR) is 100.0 cm³/mol. The van der Waals surface area contributed by atoms with Gasteiger partial charge in [0.1, 0.15) is 22.5 Å². The average Bonchev–Trinajstić information content (AvgIpc) is 2.55. The summed E-state index contributed by atoms with van der Waals surface area (Å²) in [4.78, 5) is 20.6. The number of rotatable bonds is 5. The third kappa shape index (κ3) is 5.08. The lowest BCUT2D eigenvalue weighted by atomic mass is 10.1. The lowest BCUT2D eigenvalue weighted by Crippen LogP contribution is -2.28. The van der Waals surface area contributed by atoms with Crippen LogP contribution in [0, 0.1) is 25.2 Å². The first-order chi connectivity index (χ1) is 11.8. The van der Waals surface area contributed by atoms with Crippen molar-refractivity contribution in [2.24, 2.45) is 0 Å². The van der Waals surface area contributed by atoms with Gasteiger partial charge in [0.15, 0.2) is 0 Å². The van der Waals surface area contributed by atoms with Crippen molar-refractivity contribution in [1.82, 2.24) is 15.3 Å². The third-order valence-corrected chi connectivity index (χ3v) is 5.16. The Morgan fingerprint density at radius 1 is 1.32 bits per heavy atom. The molecule has 1 aromatic carbocycles. The molecule has 2 aromatic rings. The minimum Gasteiger partial charge on any atom is -0.349 e. The van der Waals surface area contributed by atoms with Gasteiger partial charge in [-0.15, -0.1) is 0 Å². The molecule has 0 spiro atoms. The Balaban J connectivity index is 2.01. The summed E-state index contributed by atoms with van der Waals surface area (Å²) < 4.78 is 0. The maximum atomic E-state index is 12.2. The zero-order chi connectivity index (χ0) is 18.6. The van der Waals surface area contributed by atoms with Crippen LogP contribution in [0.1, 0.15) is 35.6 Å². The number of nitrogens with one attached hydrogen (secondary N) is 1. The van der Waals surface area contributed by atoms with E-state index in [2.05, 4.69) is 21.4 Å². The normalized spacial score (nSPS) is 11.7. The number of amides is 1. The van der Waals surface area contributed by atoms with Gasteiger partial charge in [-0.25, -0.2) is 9.97 Å². The van der Waals surface area contributed by atoms with E-state index in [1.807, 2.05) is 13.0 Å². The quantitative estimate of drug-likeness (QED) is 0.605. The molecule has 0 radical (unpaired) electrons. The van der Waals surface area contributed by atoms with Gasteiger partial charge in [0.05, 0.1) is 27.5 Å². The summed E-state index contributed by atoms with van der Waals surface area (Å²) in [6.07, 6.45) is 0. The number of carbonyl (C=O) groups is 1. The number of nitriles is 1. The number of aromatic nitrogens is 2. The molecule has 1 N–H and O–H groups in total. The fourth-order valence-electron chi connectivity index (χ4n) is 2.20. The van der Waals surface area contributed by atoms with Crippen LogP contribution >= 0.6 is 35.0 Å². The Morgan fingerprint density at radius 2 is 2.04 bits per heavy atom. The molecule has 0 aliphatic rings. The Hall–Kier alpha value is -1.81. The molecule has 0 bridgehead atoms. The highest BCUT2D eigenvalue weighted by Gasteiger charge is 2.15. The molecule has 1 atom stereocenters. The summed E-state index contributed by atoms with van der Waals surface area (Å²) in [5.74, 6) is 0.556. The molecule has 1 unspecified atom stereocenters. The van der Waals surface area contributed by atoms with Gasteiger partial charge in [0, 0.05) is 0 Å². The first-order valence-electron chi connectivity index (χ1n) is 7.44. The van der Waals surface area contributed by atoms with Gasteiger partial charge in [-0.2, -0.15) is 5.26 Å². The Morgan fingerprint density at radius 3 is 2.68 bits per heavy atom. The van der Waals surface area contributed by atoms with Gasteiger partial charge in [0.2, 0.25) is 5.91 Å². The summed E-state index contributed by atoms with van der Waals surface area (Å²) in [6, 6.07) is 7.12. The minimum absolute atomic E-state index is 0.149. The van der Waals surface area contributed by atoms with Crippen LogP contribution in [0.25, 0.3) is 0 Å². The van der Waals surface area contributed by atoms with Crippen molar-refractivity contribution in [2.45, 2.75) is 31.8 Å². The van der Waals surface area contributed by atoms with E-state index in [1.165, 1.54) is 11.8 Å². The second-order valence-electron chi connectivity index (χ2n) is 5.40. The molecule has 8 heteroatoms. The van der Waals surface area contributed by atoms with Crippen LogP contribution in [0.4, 0.5) is 0 Å². The van der Waals surface area contributed by atoms with Gasteiger partial charge >= 0.3 is 0 Å². The van der Waals surface area contributed by atoms with E-state index < -0.39 is 0 Å². The molecule has 2 rings (SSSR count). The molecular formula is C17H16Cl2N4OS. The van der Waals surface area contributed by atoms with Crippen molar-refractivity contribution in [3.8, 4) is 6.07 Å². The lowest BCUT2D eigenvalue weighted by molar-refractivity contribution is -0.119. The number of carbonyl (C=O) groups excluding carboxylic acids is 1. The zero-order valence-corrected chi connectivity index (χ0v) is 16.3. The van der Waals surface area contributed by atoms with Crippen LogP contribution in [0.2, 0.25) is 10.0 Å². The maximum Gasteiger partial charge on any atom is 0.230 e. The first-order valence-corrected chi connectivity index (χ1v) is 9.18. The largest absolute Gasteiger partial charge is 0.349 e. The molecule has 0 saturated heterocycles. The molecule has 0 aliphatic heterocycles. The van der Waals surface area contributed by atoms with Crippen LogP contribution in [0.3, 0.4) is 0 Å². The summed E-state index contributed by atoms with van der Waals surface area (Å²) in [7, 11) is 0. The number of hydrogen-bond acceptors (Lipinski definition) is 5. The van der Waals surface area contributed by atoms with Gasteiger partial charge in [0.25, 0.3) is 0 Å². The highest BCUT2D eigenvalue weighted by molar-refractivity contribution is 8.00. The number of nitrogens with zero attached hydrogens (tertiary/aromatic N) is 3. The van der Waals surface area contributed by atoms with Gasteiger partial charge < -0.3 is 5.32 Å². The van der Waals surface area contributed by atoms with Crippen molar-refractivity contribution >= 4 is 40.9 Å². The fourth-order valence-corrected chi connectivity index (χ4v) is 3.39. The lowest BCUT2D eigenvalue weighted by Gasteiger charge is -2.15. The Labute approximate surface area is 160 Å². The van der Waals surface area contributed by atoms with Crippen LogP contribution in [-0.4, -0.2) is 21.6 Å². The van der Waals surface area contributed by atoms with E-state index in [-0.39, 0.29) is 17.7 Å². The topological polar surface area (TPSA) is 78.7 Å². The van der Waals surface area contributed by atoms with E-state index in [4.69, 9.17) is 23.2 Å². The van der Waals surface area contributed by atoms with Gasteiger partial charge in [-0.1, -0.05) is 41.0 Å². The predicted octanol–water partition coefficient (Wildman–Crippen LogP) is 4.24. The summed E-state index contributed by atoms with van der Waals surface area (Å²) in [5.41, 5.74) is 1.88.